The normalized spacial score (nSPS) is 18.8. The van der Waals surface area contributed by atoms with Gasteiger partial charge in [0, 0.05) is 5.69 Å². The highest BCUT2D eigenvalue weighted by molar-refractivity contribution is 6.08. The second-order valence-electron chi connectivity index (χ2n) is 6.93. The zero-order chi connectivity index (χ0) is 20.9. The molecule has 1 aromatic rings. The average Bonchev–Trinajstić information content (AvgIpc) is 2.85. The van der Waals surface area contributed by atoms with E-state index in [1.807, 2.05) is 6.92 Å². The van der Waals surface area contributed by atoms with E-state index in [4.69, 9.17) is 4.74 Å². The Morgan fingerprint density at radius 3 is 2.68 bits per heavy atom. The number of halogens is 1. The fourth-order valence-electron chi connectivity index (χ4n) is 2.78. The molecule has 1 aliphatic rings. The highest BCUT2D eigenvalue weighted by atomic mass is 19.1. The number of nitrogens with zero attached hydrogens (tertiary/aromatic N) is 1. The van der Waals surface area contributed by atoms with Gasteiger partial charge in [-0.05, 0) is 38.0 Å². The van der Waals surface area contributed by atoms with Gasteiger partial charge in [0.15, 0.2) is 6.61 Å². The quantitative estimate of drug-likeness (QED) is 0.520. The molecule has 1 saturated heterocycles. The number of amides is 4. The maximum Gasteiger partial charge on any atom is 0.326 e. The summed E-state index contributed by atoms with van der Waals surface area (Å²) < 4.78 is 18.3. The molecular weight excluding hydrogens is 369 g/mol. The molecule has 1 aromatic carbocycles. The number of carbonyl (C=O) groups excluding carboxylic acids is 4. The van der Waals surface area contributed by atoms with Crippen molar-refractivity contribution in [2.75, 3.05) is 18.5 Å². The lowest BCUT2D eigenvalue weighted by atomic mass is 9.95. The number of imide groups is 1. The van der Waals surface area contributed by atoms with Gasteiger partial charge in [0.1, 0.15) is 17.9 Å². The minimum atomic E-state index is -1.04. The van der Waals surface area contributed by atoms with Crippen molar-refractivity contribution in [3.05, 3.63) is 29.6 Å². The minimum absolute atomic E-state index is 0.227. The molecule has 1 heterocycles. The third-order valence-electron chi connectivity index (χ3n) is 4.48. The van der Waals surface area contributed by atoms with Crippen LogP contribution in [0.4, 0.5) is 14.9 Å². The van der Waals surface area contributed by atoms with Crippen LogP contribution in [0.5, 0.6) is 0 Å². The summed E-state index contributed by atoms with van der Waals surface area (Å²) in [6, 6.07) is 3.51. The summed E-state index contributed by atoms with van der Waals surface area (Å²) in [4.78, 5) is 49.0. The van der Waals surface area contributed by atoms with Crippen molar-refractivity contribution in [1.29, 1.82) is 0 Å². The van der Waals surface area contributed by atoms with Crippen LogP contribution in [-0.4, -0.2) is 47.4 Å². The third kappa shape index (κ3) is 5.05. The standard InChI is InChI=1S/C19H24FN3O5/c1-4-5-8-19(3)17(26)23(18(27)22-19)10-16(25)28-11-15(24)21-13-7-6-12(2)14(20)9-13/h6-7,9H,4-5,8,10-11H2,1-3H3,(H,21,24)(H,22,27)/t19-/m0/s1. The van der Waals surface area contributed by atoms with Crippen molar-refractivity contribution in [3.63, 3.8) is 0 Å². The number of aryl methyl sites for hydroxylation is 1. The van der Waals surface area contributed by atoms with Crippen LogP contribution in [0.3, 0.4) is 0 Å². The molecule has 8 nitrogen and oxygen atoms in total. The van der Waals surface area contributed by atoms with Crippen LogP contribution >= 0.6 is 0 Å². The Morgan fingerprint density at radius 2 is 2.04 bits per heavy atom. The van der Waals surface area contributed by atoms with Gasteiger partial charge < -0.3 is 15.4 Å². The minimum Gasteiger partial charge on any atom is -0.454 e. The Morgan fingerprint density at radius 1 is 1.32 bits per heavy atom. The van der Waals surface area contributed by atoms with Crippen molar-refractivity contribution in [3.8, 4) is 0 Å². The van der Waals surface area contributed by atoms with E-state index in [9.17, 15) is 23.6 Å². The first kappa shape index (κ1) is 21.3. The SMILES string of the molecule is CCCC[C@]1(C)NC(=O)N(CC(=O)OCC(=O)Nc2ccc(C)c(F)c2)C1=O. The van der Waals surface area contributed by atoms with E-state index in [0.717, 1.165) is 23.8 Å². The molecule has 2 rings (SSSR count). The number of rotatable bonds is 8. The number of carbonyl (C=O) groups is 4. The maximum absolute atomic E-state index is 13.5. The van der Waals surface area contributed by atoms with Crippen LogP contribution in [-0.2, 0) is 19.1 Å². The number of hydrogen-bond acceptors (Lipinski definition) is 5. The maximum atomic E-state index is 13.5. The summed E-state index contributed by atoms with van der Waals surface area (Å²) in [6.07, 6.45) is 2.08. The Hall–Kier alpha value is -2.97. The van der Waals surface area contributed by atoms with Crippen molar-refractivity contribution >= 4 is 29.5 Å². The summed E-state index contributed by atoms with van der Waals surface area (Å²) in [5.74, 6) is -2.53. The Balaban J connectivity index is 1.84. The van der Waals surface area contributed by atoms with Gasteiger partial charge in [-0.1, -0.05) is 25.8 Å². The summed E-state index contributed by atoms with van der Waals surface area (Å²) in [6.45, 7) is 3.97. The molecular formula is C19H24FN3O5. The number of hydrogen-bond donors (Lipinski definition) is 2. The average molecular weight is 393 g/mol. The van der Waals surface area contributed by atoms with Gasteiger partial charge >= 0.3 is 12.0 Å². The number of ether oxygens (including phenoxy) is 1. The zero-order valence-corrected chi connectivity index (χ0v) is 16.1. The first-order valence-corrected chi connectivity index (χ1v) is 9.02. The van der Waals surface area contributed by atoms with E-state index in [-0.39, 0.29) is 5.69 Å². The van der Waals surface area contributed by atoms with Crippen LogP contribution in [0.2, 0.25) is 0 Å². The number of esters is 1. The molecule has 4 amide bonds. The Bertz CT molecular complexity index is 798. The first-order chi connectivity index (χ1) is 13.2. The molecule has 28 heavy (non-hydrogen) atoms. The second-order valence-corrected chi connectivity index (χ2v) is 6.93. The number of anilines is 1. The largest absolute Gasteiger partial charge is 0.454 e. The van der Waals surface area contributed by atoms with Gasteiger partial charge in [0.2, 0.25) is 0 Å². The molecule has 0 unspecified atom stereocenters. The molecule has 0 spiro atoms. The lowest BCUT2D eigenvalue weighted by Crippen LogP contribution is -2.44. The number of urea groups is 1. The van der Waals surface area contributed by atoms with E-state index in [1.54, 1.807) is 13.8 Å². The lowest BCUT2D eigenvalue weighted by molar-refractivity contribution is -0.150. The van der Waals surface area contributed by atoms with E-state index in [1.165, 1.54) is 12.1 Å². The van der Waals surface area contributed by atoms with Crippen molar-refractivity contribution in [1.82, 2.24) is 10.2 Å². The molecule has 0 saturated carbocycles. The highest BCUT2D eigenvalue weighted by Crippen LogP contribution is 2.23. The Kier molecular flexibility index (Phi) is 6.71. The van der Waals surface area contributed by atoms with Crippen LogP contribution in [0.15, 0.2) is 18.2 Å². The summed E-state index contributed by atoms with van der Waals surface area (Å²) in [7, 11) is 0. The van der Waals surface area contributed by atoms with Crippen LogP contribution in [0, 0.1) is 12.7 Å². The molecule has 0 aromatic heterocycles. The smallest absolute Gasteiger partial charge is 0.326 e. The van der Waals surface area contributed by atoms with Gasteiger partial charge in [0.05, 0.1) is 0 Å². The van der Waals surface area contributed by atoms with E-state index >= 15 is 0 Å². The predicted octanol–water partition coefficient (Wildman–Crippen LogP) is 2.12. The molecule has 1 aliphatic heterocycles. The van der Waals surface area contributed by atoms with Crippen LogP contribution in [0.25, 0.3) is 0 Å². The van der Waals surface area contributed by atoms with E-state index < -0.39 is 48.3 Å². The topological polar surface area (TPSA) is 105 Å². The molecule has 0 aliphatic carbocycles. The summed E-state index contributed by atoms with van der Waals surface area (Å²) >= 11 is 0. The molecule has 0 bridgehead atoms. The van der Waals surface area contributed by atoms with Crippen LogP contribution in [0.1, 0.15) is 38.7 Å². The van der Waals surface area contributed by atoms with Crippen molar-refractivity contribution in [2.24, 2.45) is 0 Å². The molecule has 152 valence electrons. The molecule has 1 atom stereocenters. The van der Waals surface area contributed by atoms with Gasteiger partial charge in [-0.3, -0.25) is 19.3 Å². The number of nitrogens with one attached hydrogen (secondary N) is 2. The lowest BCUT2D eigenvalue weighted by Gasteiger charge is -2.21. The zero-order valence-electron chi connectivity index (χ0n) is 16.1. The van der Waals surface area contributed by atoms with E-state index in [2.05, 4.69) is 10.6 Å². The second kappa shape index (κ2) is 8.81. The van der Waals surface area contributed by atoms with E-state index in [0.29, 0.717) is 12.0 Å². The summed E-state index contributed by atoms with van der Waals surface area (Å²) in [5, 5.41) is 4.99. The first-order valence-electron chi connectivity index (χ1n) is 9.02. The molecule has 2 N–H and O–H groups in total. The third-order valence-corrected chi connectivity index (χ3v) is 4.48. The highest BCUT2D eigenvalue weighted by Gasteiger charge is 2.47. The molecule has 1 fully saturated rings. The van der Waals surface area contributed by atoms with Crippen molar-refractivity contribution in [2.45, 2.75) is 45.6 Å². The Labute approximate surface area is 162 Å². The fraction of sp³-hybridized carbons (Fsp3) is 0.474. The molecule has 0 radical (unpaired) electrons. The summed E-state index contributed by atoms with van der Waals surface area (Å²) in [5.41, 5.74) is -0.380. The van der Waals surface area contributed by atoms with Crippen LogP contribution < -0.4 is 10.6 Å². The molecule has 9 heteroatoms. The van der Waals surface area contributed by atoms with Gasteiger partial charge in [-0.15, -0.1) is 0 Å². The predicted molar refractivity (Wildman–Crippen MR) is 98.9 cm³/mol. The number of benzene rings is 1. The van der Waals surface area contributed by atoms with Gasteiger partial charge in [0.25, 0.3) is 11.8 Å². The monoisotopic (exact) mass is 393 g/mol. The number of unbranched alkanes of at least 4 members (excludes halogenated alkanes) is 1. The van der Waals surface area contributed by atoms with Gasteiger partial charge in [-0.25, -0.2) is 9.18 Å². The van der Waals surface area contributed by atoms with Gasteiger partial charge in [-0.2, -0.15) is 0 Å². The fourth-order valence-corrected chi connectivity index (χ4v) is 2.78. The van der Waals surface area contributed by atoms with Crippen molar-refractivity contribution < 1.29 is 28.3 Å².